The largest absolute Gasteiger partial charge is 0.370 e. The molecule has 3 aromatic rings. The van der Waals surface area contributed by atoms with E-state index in [-0.39, 0.29) is 18.0 Å². The van der Waals surface area contributed by atoms with Crippen LogP contribution in [0.2, 0.25) is 0 Å². The molecule has 0 amide bonds. The number of nitrogens with zero attached hydrogens (tertiary/aromatic N) is 4. The molecule has 2 fully saturated rings. The molecule has 0 aliphatic carbocycles. The van der Waals surface area contributed by atoms with Crippen molar-refractivity contribution in [3.8, 4) is 6.07 Å². The van der Waals surface area contributed by atoms with Crippen LogP contribution in [0.4, 0.5) is 10.1 Å². The fourth-order valence-corrected chi connectivity index (χ4v) is 5.33. The van der Waals surface area contributed by atoms with Crippen molar-refractivity contribution >= 4 is 28.5 Å². The number of rotatable bonds is 6. The second-order valence-electron chi connectivity index (χ2n) is 8.71. The lowest BCUT2D eigenvalue weighted by molar-refractivity contribution is -0.0436. The number of hydrogen-bond donors (Lipinski definition) is 1. The van der Waals surface area contributed by atoms with E-state index < -0.39 is 0 Å². The van der Waals surface area contributed by atoms with Crippen LogP contribution in [-0.4, -0.2) is 60.9 Å². The Morgan fingerprint density at radius 1 is 1.15 bits per heavy atom. The number of likely N-dealkylation sites (tertiary alicyclic amines) is 1. The highest BCUT2D eigenvalue weighted by Crippen LogP contribution is 2.30. The number of nitriles is 1. The van der Waals surface area contributed by atoms with Crippen molar-refractivity contribution in [1.82, 2.24) is 14.6 Å². The first-order valence-corrected chi connectivity index (χ1v) is 12.0. The summed E-state index contributed by atoms with van der Waals surface area (Å²) in [6, 6.07) is 17.1. The standard InChI is InChI=1S/C25H26FN5OS/c1-17-12-31(24-9-4-18(11-27)25-23(24)3-2-10-28-25)16-21(32-17)15-30-13-20(14-30)29-33-22-7-5-19(26)6-8-22/h2-10,17,20-21,29H,12-16H2,1H3. The highest BCUT2D eigenvalue weighted by atomic mass is 32.2. The smallest absolute Gasteiger partial charge is 0.123 e. The van der Waals surface area contributed by atoms with Gasteiger partial charge in [0.2, 0.25) is 0 Å². The van der Waals surface area contributed by atoms with Crippen molar-refractivity contribution < 1.29 is 9.13 Å². The lowest BCUT2D eigenvalue weighted by atomic mass is 10.1. The number of pyridine rings is 1. The molecule has 5 rings (SSSR count). The lowest BCUT2D eigenvalue weighted by Gasteiger charge is -2.44. The van der Waals surface area contributed by atoms with E-state index >= 15 is 0 Å². The number of aromatic nitrogens is 1. The Bertz CT molecular complexity index is 1160. The molecule has 2 saturated heterocycles. The third kappa shape index (κ3) is 4.97. The first kappa shape index (κ1) is 22.1. The summed E-state index contributed by atoms with van der Waals surface area (Å²) in [6.45, 7) is 6.54. The molecule has 0 saturated carbocycles. The molecule has 33 heavy (non-hydrogen) atoms. The fraction of sp³-hybridized carbons (Fsp3) is 0.360. The van der Waals surface area contributed by atoms with Gasteiger partial charge in [0.05, 0.1) is 23.3 Å². The van der Waals surface area contributed by atoms with Gasteiger partial charge in [-0.05, 0) is 67.4 Å². The average Bonchev–Trinajstić information content (AvgIpc) is 2.80. The van der Waals surface area contributed by atoms with Crippen LogP contribution < -0.4 is 9.62 Å². The van der Waals surface area contributed by atoms with Gasteiger partial charge in [0.15, 0.2) is 0 Å². The topological polar surface area (TPSA) is 64.4 Å². The molecule has 0 radical (unpaired) electrons. The number of fused-ring (bicyclic) bond motifs is 1. The maximum absolute atomic E-state index is 13.0. The van der Waals surface area contributed by atoms with E-state index in [0.29, 0.717) is 11.6 Å². The summed E-state index contributed by atoms with van der Waals surface area (Å²) < 4.78 is 22.8. The van der Waals surface area contributed by atoms with E-state index in [9.17, 15) is 9.65 Å². The third-order valence-corrected chi connectivity index (χ3v) is 7.07. The fourth-order valence-electron chi connectivity index (χ4n) is 4.60. The first-order valence-electron chi connectivity index (χ1n) is 11.2. The summed E-state index contributed by atoms with van der Waals surface area (Å²) in [7, 11) is 0. The SMILES string of the molecule is CC1CN(c2ccc(C#N)c3ncccc23)CC(CN2CC(NSc3ccc(F)cc3)C2)O1. The van der Waals surface area contributed by atoms with Crippen LogP contribution >= 0.6 is 11.9 Å². The van der Waals surface area contributed by atoms with Crippen molar-refractivity contribution in [2.24, 2.45) is 0 Å². The summed E-state index contributed by atoms with van der Waals surface area (Å²) in [4.78, 5) is 10.2. The normalized spacial score (nSPS) is 21.7. The maximum Gasteiger partial charge on any atom is 0.123 e. The van der Waals surface area contributed by atoms with Crippen LogP contribution in [0.3, 0.4) is 0 Å². The van der Waals surface area contributed by atoms with Gasteiger partial charge < -0.3 is 9.64 Å². The van der Waals surface area contributed by atoms with Crippen molar-refractivity contribution in [1.29, 1.82) is 5.26 Å². The number of hydrogen-bond acceptors (Lipinski definition) is 7. The molecule has 2 atom stereocenters. The van der Waals surface area contributed by atoms with Gasteiger partial charge in [-0.2, -0.15) is 5.26 Å². The summed E-state index contributed by atoms with van der Waals surface area (Å²) >= 11 is 1.55. The number of ether oxygens (including phenoxy) is 1. The lowest BCUT2D eigenvalue weighted by Crippen LogP contribution is -2.60. The molecule has 6 nitrogen and oxygen atoms in total. The van der Waals surface area contributed by atoms with Gasteiger partial charge in [-0.3, -0.25) is 14.6 Å². The average molecular weight is 464 g/mol. The van der Waals surface area contributed by atoms with E-state index in [2.05, 4.69) is 32.5 Å². The molecule has 0 bridgehead atoms. The Balaban J connectivity index is 1.18. The van der Waals surface area contributed by atoms with Crippen molar-refractivity contribution in [3.63, 3.8) is 0 Å². The summed E-state index contributed by atoms with van der Waals surface area (Å²) in [5.41, 5.74) is 2.46. The molecule has 2 aromatic carbocycles. The van der Waals surface area contributed by atoms with Gasteiger partial charge in [0, 0.05) is 60.9 Å². The van der Waals surface area contributed by atoms with Crippen LogP contribution in [0.25, 0.3) is 10.9 Å². The Labute approximate surface area is 197 Å². The van der Waals surface area contributed by atoms with Gasteiger partial charge in [0.25, 0.3) is 0 Å². The van der Waals surface area contributed by atoms with Gasteiger partial charge >= 0.3 is 0 Å². The highest BCUT2D eigenvalue weighted by molar-refractivity contribution is 7.97. The Hall–Kier alpha value is -2.70. The molecule has 2 aliphatic heterocycles. The van der Waals surface area contributed by atoms with Crippen LogP contribution in [0.15, 0.2) is 59.6 Å². The summed E-state index contributed by atoms with van der Waals surface area (Å²) in [5, 5.41) is 10.4. The third-order valence-electron chi connectivity index (χ3n) is 6.11. The zero-order valence-corrected chi connectivity index (χ0v) is 19.3. The van der Waals surface area contributed by atoms with E-state index in [0.717, 1.165) is 54.2 Å². The van der Waals surface area contributed by atoms with E-state index in [4.69, 9.17) is 4.74 Å². The van der Waals surface area contributed by atoms with E-state index in [1.54, 1.807) is 30.3 Å². The molecular formula is C25H26FN5OS. The van der Waals surface area contributed by atoms with Crippen molar-refractivity contribution in [2.75, 3.05) is 37.6 Å². The predicted molar refractivity (Wildman–Crippen MR) is 129 cm³/mol. The molecule has 2 aliphatic rings. The van der Waals surface area contributed by atoms with Crippen LogP contribution in [0.5, 0.6) is 0 Å². The number of morpholine rings is 1. The first-order chi connectivity index (χ1) is 16.1. The second-order valence-corrected chi connectivity index (χ2v) is 9.62. The van der Waals surface area contributed by atoms with Gasteiger partial charge in [-0.1, -0.05) is 0 Å². The van der Waals surface area contributed by atoms with Crippen LogP contribution in [0, 0.1) is 17.1 Å². The van der Waals surface area contributed by atoms with Crippen LogP contribution in [0.1, 0.15) is 12.5 Å². The maximum atomic E-state index is 13.0. The molecule has 0 spiro atoms. The number of benzene rings is 2. The zero-order chi connectivity index (χ0) is 22.8. The molecule has 170 valence electrons. The minimum Gasteiger partial charge on any atom is -0.370 e. The monoisotopic (exact) mass is 463 g/mol. The summed E-state index contributed by atoms with van der Waals surface area (Å²) in [6.07, 6.45) is 1.97. The molecular weight excluding hydrogens is 437 g/mol. The Morgan fingerprint density at radius 3 is 2.76 bits per heavy atom. The number of anilines is 1. The minimum atomic E-state index is -0.213. The minimum absolute atomic E-state index is 0.113. The molecule has 1 N–H and O–H groups in total. The van der Waals surface area contributed by atoms with Gasteiger partial charge in [0.1, 0.15) is 11.9 Å². The van der Waals surface area contributed by atoms with E-state index in [1.165, 1.54) is 12.1 Å². The zero-order valence-electron chi connectivity index (χ0n) is 18.4. The quantitative estimate of drug-likeness (QED) is 0.558. The number of halogens is 1. The summed E-state index contributed by atoms with van der Waals surface area (Å²) in [5.74, 6) is -0.213. The second kappa shape index (κ2) is 9.65. The van der Waals surface area contributed by atoms with E-state index in [1.807, 2.05) is 24.3 Å². The highest BCUT2D eigenvalue weighted by Gasteiger charge is 2.33. The molecule has 1 aromatic heterocycles. The van der Waals surface area contributed by atoms with Crippen molar-refractivity contribution in [3.05, 3.63) is 66.1 Å². The Morgan fingerprint density at radius 2 is 1.97 bits per heavy atom. The Kier molecular flexibility index (Phi) is 6.47. The molecule has 3 heterocycles. The van der Waals surface area contributed by atoms with Gasteiger partial charge in [-0.15, -0.1) is 0 Å². The number of nitrogens with one attached hydrogen (secondary N) is 1. The molecule has 2 unspecified atom stereocenters. The predicted octanol–water partition coefficient (Wildman–Crippen LogP) is 3.82. The molecule has 8 heteroatoms. The van der Waals surface area contributed by atoms with Gasteiger partial charge in [-0.25, -0.2) is 4.39 Å². The van der Waals surface area contributed by atoms with Crippen LogP contribution in [-0.2, 0) is 4.74 Å². The van der Waals surface area contributed by atoms with Crippen molar-refractivity contribution in [2.45, 2.75) is 30.1 Å².